The molecule has 0 bridgehead atoms. The normalized spacial score (nSPS) is 19.8. The number of aromatic nitrogens is 1. The van der Waals surface area contributed by atoms with Gasteiger partial charge in [0.25, 0.3) is 0 Å². The number of benzene rings is 1. The van der Waals surface area contributed by atoms with Gasteiger partial charge in [0.2, 0.25) is 0 Å². The molecule has 0 radical (unpaired) electrons. The lowest BCUT2D eigenvalue weighted by Gasteiger charge is -2.28. The maximum atomic E-state index is 6.81. The summed E-state index contributed by atoms with van der Waals surface area (Å²) in [5.41, 5.74) is 2.20. The van der Waals surface area contributed by atoms with E-state index in [0.717, 1.165) is 106 Å². The van der Waals surface area contributed by atoms with Gasteiger partial charge in [-0.3, -0.25) is 9.88 Å². The Morgan fingerprint density at radius 2 is 1.87 bits per heavy atom. The highest BCUT2D eigenvalue weighted by Gasteiger charge is 2.28. The van der Waals surface area contributed by atoms with Gasteiger partial charge in [-0.1, -0.05) is 19.4 Å². The second-order valence-electron chi connectivity index (χ2n) is 11.0. The summed E-state index contributed by atoms with van der Waals surface area (Å²) in [6.07, 6.45) is 14.2. The molecule has 0 spiro atoms. The molecule has 1 aromatic carbocycles. The van der Waals surface area contributed by atoms with Crippen LogP contribution < -0.4 is 9.47 Å². The first-order chi connectivity index (χ1) is 19.2. The Bertz CT molecular complexity index is 1120. The zero-order valence-electron chi connectivity index (χ0n) is 23.8. The molecule has 2 aliphatic heterocycles. The third-order valence-electron chi connectivity index (χ3n) is 7.93. The predicted octanol–water partition coefficient (Wildman–Crippen LogP) is 5.80. The molecule has 7 heteroatoms. The number of unbranched alkanes of at least 4 members (excludes halogenated alkanes) is 1. The van der Waals surface area contributed by atoms with Crippen molar-refractivity contribution in [3.8, 4) is 11.5 Å². The monoisotopic (exact) mass is 535 g/mol. The Hall–Kier alpha value is -2.61. The molecule has 0 amide bonds. The SMILES string of the molecule is CCC/C=C(/C(=C\N(C)C1CC1)Oc1ccnc2cc(OCCCN3CCOCC3)ccc12)C1CCOCC1. The molecule has 1 aliphatic carbocycles. The maximum Gasteiger partial charge on any atom is 0.146 e. The fourth-order valence-corrected chi connectivity index (χ4v) is 5.41. The van der Waals surface area contributed by atoms with Crippen molar-refractivity contribution in [3.63, 3.8) is 0 Å². The zero-order valence-corrected chi connectivity index (χ0v) is 23.8. The fourth-order valence-electron chi connectivity index (χ4n) is 5.41. The molecule has 212 valence electrons. The molecule has 0 N–H and O–H groups in total. The zero-order chi connectivity index (χ0) is 26.9. The van der Waals surface area contributed by atoms with Crippen molar-refractivity contribution in [2.24, 2.45) is 5.92 Å². The Kier molecular flexibility index (Phi) is 10.1. The highest BCUT2D eigenvalue weighted by atomic mass is 16.5. The highest BCUT2D eigenvalue weighted by molar-refractivity contribution is 5.86. The first kappa shape index (κ1) is 27.9. The minimum absolute atomic E-state index is 0.453. The molecule has 2 saturated heterocycles. The Morgan fingerprint density at radius 1 is 1.08 bits per heavy atom. The summed E-state index contributed by atoms with van der Waals surface area (Å²) >= 11 is 0. The number of pyridine rings is 1. The van der Waals surface area contributed by atoms with E-state index >= 15 is 0 Å². The summed E-state index contributed by atoms with van der Waals surface area (Å²) in [4.78, 5) is 9.42. The van der Waals surface area contributed by atoms with E-state index in [-0.39, 0.29) is 0 Å². The second kappa shape index (κ2) is 14.1. The van der Waals surface area contributed by atoms with Crippen molar-refractivity contribution >= 4 is 10.9 Å². The summed E-state index contributed by atoms with van der Waals surface area (Å²) in [6, 6.07) is 8.75. The van der Waals surface area contributed by atoms with E-state index in [9.17, 15) is 0 Å². The molecule has 1 aromatic heterocycles. The smallest absolute Gasteiger partial charge is 0.146 e. The molecular formula is C32H45N3O4. The van der Waals surface area contributed by atoms with Crippen LogP contribution in [0.4, 0.5) is 0 Å². The van der Waals surface area contributed by atoms with E-state index in [4.69, 9.17) is 18.9 Å². The van der Waals surface area contributed by atoms with E-state index in [1.165, 1.54) is 18.4 Å². The number of rotatable bonds is 13. The standard InChI is InChI=1S/C32H45N3O4/c1-3-4-6-28(25-12-19-36-20-13-25)32(24-34(2)26-7-8-26)39-31-11-14-33-30-23-27(9-10-29(30)31)38-18-5-15-35-16-21-37-22-17-35/h6,9-11,14,23-26H,3-5,7-8,12-13,15-22H2,1-2H3/b28-6+,32-24+. The van der Waals surface area contributed by atoms with Crippen LogP contribution in [0, 0.1) is 5.92 Å². The number of morpholine rings is 1. The first-order valence-corrected chi connectivity index (χ1v) is 14.9. The van der Waals surface area contributed by atoms with Crippen molar-refractivity contribution in [1.29, 1.82) is 0 Å². The third kappa shape index (κ3) is 7.96. The van der Waals surface area contributed by atoms with Gasteiger partial charge in [0, 0.05) is 69.8 Å². The number of hydrogen-bond donors (Lipinski definition) is 0. The van der Waals surface area contributed by atoms with E-state index in [2.05, 4.69) is 47.1 Å². The lowest BCUT2D eigenvalue weighted by Crippen LogP contribution is -2.37. The van der Waals surface area contributed by atoms with Gasteiger partial charge in [-0.05, 0) is 68.2 Å². The Labute approximate surface area is 233 Å². The van der Waals surface area contributed by atoms with Crippen LogP contribution in [0.1, 0.15) is 51.9 Å². The topological polar surface area (TPSA) is 56.3 Å². The van der Waals surface area contributed by atoms with Gasteiger partial charge in [0.05, 0.1) is 25.3 Å². The van der Waals surface area contributed by atoms with E-state index in [0.29, 0.717) is 18.6 Å². The van der Waals surface area contributed by atoms with Crippen LogP contribution in [0.2, 0.25) is 0 Å². The van der Waals surface area contributed by atoms with Crippen LogP contribution in [0.5, 0.6) is 11.5 Å². The number of fused-ring (bicyclic) bond motifs is 1. The minimum Gasteiger partial charge on any atom is -0.493 e. The molecule has 1 saturated carbocycles. The number of nitrogens with zero attached hydrogens (tertiary/aromatic N) is 3. The van der Waals surface area contributed by atoms with Crippen LogP contribution in [0.3, 0.4) is 0 Å². The molecular weight excluding hydrogens is 490 g/mol. The molecule has 3 heterocycles. The van der Waals surface area contributed by atoms with Crippen molar-refractivity contribution in [2.45, 2.75) is 57.9 Å². The van der Waals surface area contributed by atoms with Gasteiger partial charge in [0.1, 0.15) is 17.3 Å². The van der Waals surface area contributed by atoms with Gasteiger partial charge >= 0.3 is 0 Å². The van der Waals surface area contributed by atoms with Crippen molar-refractivity contribution < 1.29 is 18.9 Å². The summed E-state index contributed by atoms with van der Waals surface area (Å²) in [6.45, 7) is 9.28. The number of hydrogen-bond acceptors (Lipinski definition) is 7. The molecule has 2 aromatic rings. The average molecular weight is 536 g/mol. The second-order valence-corrected chi connectivity index (χ2v) is 11.0. The van der Waals surface area contributed by atoms with Crippen LogP contribution >= 0.6 is 0 Å². The summed E-state index contributed by atoms with van der Waals surface area (Å²) in [5, 5.41) is 1.000. The molecule has 7 nitrogen and oxygen atoms in total. The third-order valence-corrected chi connectivity index (χ3v) is 7.93. The van der Waals surface area contributed by atoms with E-state index in [1.807, 2.05) is 24.4 Å². The van der Waals surface area contributed by atoms with Crippen LogP contribution in [-0.2, 0) is 9.47 Å². The Balaban J connectivity index is 1.32. The lowest BCUT2D eigenvalue weighted by molar-refractivity contribution is 0.0358. The lowest BCUT2D eigenvalue weighted by atomic mass is 9.89. The predicted molar refractivity (Wildman–Crippen MR) is 155 cm³/mol. The molecule has 0 atom stereocenters. The van der Waals surface area contributed by atoms with Crippen LogP contribution in [0.25, 0.3) is 10.9 Å². The van der Waals surface area contributed by atoms with Crippen molar-refractivity contribution in [2.75, 3.05) is 59.7 Å². The van der Waals surface area contributed by atoms with E-state index < -0.39 is 0 Å². The molecule has 0 unspecified atom stereocenters. The van der Waals surface area contributed by atoms with Gasteiger partial charge in [-0.15, -0.1) is 0 Å². The minimum atomic E-state index is 0.453. The molecule has 5 rings (SSSR count). The molecule has 3 aliphatic rings. The van der Waals surface area contributed by atoms with Crippen LogP contribution in [-0.4, -0.2) is 80.5 Å². The summed E-state index contributed by atoms with van der Waals surface area (Å²) in [5.74, 6) is 3.10. The number of ether oxygens (including phenoxy) is 4. The van der Waals surface area contributed by atoms with Gasteiger partial charge in [-0.25, -0.2) is 0 Å². The largest absolute Gasteiger partial charge is 0.493 e. The van der Waals surface area contributed by atoms with Crippen molar-refractivity contribution in [3.05, 3.63) is 54.1 Å². The molecule has 39 heavy (non-hydrogen) atoms. The quantitative estimate of drug-likeness (QED) is 0.182. The maximum absolute atomic E-state index is 6.81. The highest BCUT2D eigenvalue weighted by Crippen LogP contribution is 2.35. The van der Waals surface area contributed by atoms with Gasteiger partial charge < -0.3 is 23.8 Å². The molecule has 3 fully saturated rings. The number of allylic oxidation sites excluding steroid dienone is 2. The van der Waals surface area contributed by atoms with Gasteiger partial charge in [-0.2, -0.15) is 0 Å². The van der Waals surface area contributed by atoms with Crippen molar-refractivity contribution in [1.82, 2.24) is 14.8 Å². The van der Waals surface area contributed by atoms with Gasteiger partial charge in [0.15, 0.2) is 0 Å². The summed E-state index contributed by atoms with van der Waals surface area (Å²) < 4.78 is 24.0. The summed E-state index contributed by atoms with van der Waals surface area (Å²) in [7, 11) is 2.18. The van der Waals surface area contributed by atoms with Crippen LogP contribution in [0.15, 0.2) is 54.1 Å². The Morgan fingerprint density at radius 3 is 2.64 bits per heavy atom. The van der Waals surface area contributed by atoms with E-state index in [1.54, 1.807) is 0 Å². The average Bonchev–Trinajstić information content (AvgIpc) is 3.83. The first-order valence-electron chi connectivity index (χ1n) is 14.9. The fraction of sp³-hybridized carbons (Fsp3) is 0.594.